The number of carbonyl (C=O) groups excluding carboxylic acids is 1. The third kappa shape index (κ3) is 5.05. The molecule has 0 radical (unpaired) electrons. The van der Waals surface area contributed by atoms with E-state index in [-0.39, 0.29) is 5.91 Å². The van der Waals surface area contributed by atoms with Gasteiger partial charge in [0.2, 0.25) is 5.91 Å². The van der Waals surface area contributed by atoms with Gasteiger partial charge in [-0.3, -0.25) is 14.4 Å². The van der Waals surface area contributed by atoms with Crippen LogP contribution in [0.1, 0.15) is 52.0 Å². The predicted molar refractivity (Wildman–Crippen MR) is 96.5 cm³/mol. The van der Waals surface area contributed by atoms with Gasteiger partial charge in [-0.2, -0.15) is 5.10 Å². The highest BCUT2D eigenvalue weighted by Gasteiger charge is 2.32. The Morgan fingerprint density at radius 3 is 2.75 bits per heavy atom. The highest BCUT2D eigenvalue weighted by Crippen LogP contribution is 2.16. The summed E-state index contributed by atoms with van der Waals surface area (Å²) in [6.45, 7) is 11.4. The molecule has 1 aliphatic rings. The van der Waals surface area contributed by atoms with Crippen molar-refractivity contribution in [2.45, 2.75) is 65.1 Å². The standard InChI is InChI=1S/C18H33N5O/c1-4-7-18(3,19)17(24)22-10-6-9-21(11-12-22)14-16-13-20-23(15-16)8-5-2/h13,15H,4-12,14,19H2,1-3H3. The van der Waals surface area contributed by atoms with Crippen molar-refractivity contribution in [3.63, 3.8) is 0 Å². The van der Waals surface area contributed by atoms with Gasteiger partial charge < -0.3 is 10.6 Å². The summed E-state index contributed by atoms with van der Waals surface area (Å²) in [5.74, 6) is 0.0990. The molecular formula is C18H33N5O. The Kier molecular flexibility index (Phi) is 6.80. The molecule has 2 heterocycles. The third-order valence-electron chi connectivity index (χ3n) is 4.68. The summed E-state index contributed by atoms with van der Waals surface area (Å²) in [4.78, 5) is 17.0. The average Bonchev–Trinajstić information content (AvgIpc) is 2.83. The Bertz CT molecular complexity index is 525. The molecule has 0 spiro atoms. The van der Waals surface area contributed by atoms with Crippen molar-refractivity contribution in [1.82, 2.24) is 19.6 Å². The van der Waals surface area contributed by atoms with Crippen LogP contribution in [0, 0.1) is 0 Å². The van der Waals surface area contributed by atoms with Crippen LogP contribution in [0.5, 0.6) is 0 Å². The van der Waals surface area contributed by atoms with Crippen molar-refractivity contribution in [3.8, 4) is 0 Å². The van der Waals surface area contributed by atoms with E-state index in [2.05, 4.69) is 30.0 Å². The van der Waals surface area contributed by atoms with Gasteiger partial charge in [0.15, 0.2) is 0 Å². The van der Waals surface area contributed by atoms with Crippen LogP contribution in [0.25, 0.3) is 0 Å². The smallest absolute Gasteiger partial charge is 0.242 e. The molecule has 1 saturated heterocycles. The van der Waals surface area contributed by atoms with Gasteiger partial charge in [-0.15, -0.1) is 0 Å². The predicted octanol–water partition coefficient (Wildman–Crippen LogP) is 1.84. The molecule has 1 unspecified atom stereocenters. The fraction of sp³-hybridized carbons (Fsp3) is 0.778. The molecule has 1 aliphatic heterocycles. The molecule has 0 aromatic carbocycles. The van der Waals surface area contributed by atoms with Gasteiger partial charge in [0.25, 0.3) is 0 Å². The molecular weight excluding hydrogens is 302 g/mol. The van der Waals surface area contributed by atoms with Gasteiger partial charge in [0, 0.05) is 51.0 Å². The second-order valence-electron chi connectivity index (χ2n) is 7.20. The summed E-state index contributed by atoms with van der Waals surface area (Å²) in [6, 6.07) is 0. The van der Waals surface area contributed by atoms with Crippen LogP contribution in [0.15, 0.2) is 12.4 Å². The van der Waals surface area contributed by atoms with E-state index in [4.69, 9.17) is 5.73 Å². The van der Waals surface area contributed by atoms with E-state index in [0.29, 0.717) is 0 Å². The number of carbonyl (C=O) groups is 1. The Labute approximate surface area is 146 Å². The molecule has 2 N–H and O–H groups in total. The monoisotopic (exact) mass is 335 g/mol. The maximum atomic E-state index is 12.7. The summed E-state index contributed by atoms with van der Waals surface area (Å²) in [5, 5.41) is 4.40. The summed E-state index contributed by atoms with van der Waals surface area (Å²) < 4.78 is 2.01. The zero-order valence-corrected chi connectivity index (χ0v) is 15.5. The van der Waals surface area contributed by atoms with Crippen LogP contribution >= 0.6 is 0 Å². The summed E-state index contributed by atoms with van der Waals surface area (Å²) >= 11 is 0. The number of hydrogen-bond donors (Lipinski definition) is 1. The lowest BCUT2D eigenvalue weighted by Crippen LogP contribution is -2.53. The number of hydrogen-bond acceptors (Lipinski definition) is 4. The number of amides is 1. The fourth-order valence-electron chi connectivity index (χ4n) is 3.42. The molecule has 6 nitrogen and oxygen atoms in total. The Morgan fingerprint density at radius 1 is 1.25 bits per heavy atom. The van der Waals surface area contributed by atoms with Crippen molar-refractivity contribution in [2.75, 3.05) is 26.2 Å². The minimum absolute atomic E-state index is 0.0990. The van der Waals surface area contributed by atoms with Crippen LogP contribution in [-0.4, -0.2) is 57.2 Å². The quantitative estimate of drug-likeness (QED) is 0.826. The Morgan fingerprint density at radius 2 is 2.04 bits per heavy atom. The average molecular weight is 335 g/mol. The van der Waals surface area contributed by atoms with Crippen molar-refractivity contribution in [1.29, 1.82) is 0 Å². The zero-order valence-electron chi connectivity index (χ0n) is 15.5. The van der Waals surface area contributed by atoms with E-state index in [1.165, 1.54) is 5.56 Å². The summed E-state index contributed by atoms with van der Waals surface area (Å²) in [5.41, 5.74) is 6.74. The number of aryl methyl sites for hydroxylation is 1. The molecule has 24 heavy (non-hydrogen) atoms. The number of nitrogens with zero attached hydrogens (tertiary/aromatic N) is 4. The first-order valence-corrected chi connectivity index (χ1v) is 9.28. The normalized spacial score (nSPS) is 19.1. The van der Waals surface area contributed by atoms with Crippen LogP contribution < -0.4 is 5.73 Å². The molecule has 136 valence electrons. The van der Waals surface area contributed by atoms with E-state index in [1.807, 2.05) is 22.7 Å². The molecule has 1 aromatic rings. The first-order chi connectivity index (χ1) is 11.5. The molecule has 0 bridgehead atoms. The zero-order chi connectivity index (χ0) is 17.6. The second-order valence-corrected chi connectivity index (χ2v) is 7.20. The summed E-state index contributed by atoms with van der Waals surface area (Å²) in [7, 11) is 0. The van der Waals surface area contributed by atoms with E-state index in [1.54, 1.807) is 0 Å². The third-order valence-corrected chi connectivity index (χ3v) is 4.68. The largest absolute Gasteiger partial charge is 0.340 e. The minimum Gasteiger partial charge on any atom is -0.340 e. The van der Waals surface area contributed by atoms with Gasteiger partial charge in [0.1, 0.15) is 0 Å². The number of rotatable bonds is 7. The minimum atomic E-state index is -0.731. The van der Waals surface area contributed by atoms with Crippen LogP contribution in [0.4, 0.5) is 0 Å². The van der Waals surface area contributed by atoms with Gasteiger partial charge >= 0.3 is 0 Å². The summed E-state index contributed by atoms with van der Waals surface area (Å²) in [6.07, 6.45) is 7.86. The second kappa shape index (κ2) is 8.62. The molecule has 0 aliphatic carbocycles. The van der Waals surface area contributed by atoms with Crippen LogP contribution in [-0.2, 0) is 17.9 Å². The topological polar surface area (TPSA) is 67.4 Å². The van der Waals surface area contributed by atoms with Crippen molar-refractivity contribution in [3.05, 3.63) is 18.0 Å². The fourth-order valence-corrected chi connectivity index (χ4v) is 3.42. The van der Waals surface area contributed by atoms with E-state index in [0.717, 1.165) is 65.0 Å². The molecule has 0 saturated carbocycles. The SMILES string of the molecule is CCCn1cc(CN2CCCN(C(=O)C(C)(N)CCC)CC2)cn1. The first kappa shape index (κ1) is 18.9. The molecule has 1 aromatic heterocycles. The van der Waals surface area contributed by atoms with Crippen molar-refractivity contribution >= 4 is 5.91 Å². The van der Waals surface area contributed by atoms with E-state index < -0.39 is 5.54 Å². The van der Waals surface area contributed by atoms with Gasteiger partial charge in [0.05, 0.1) is 11.7 Å². The molecule has 6 heteroatoms. The first-order valence-electron chi connectivity index (χ1n) is 9.28. The molecule has 1 fully saturated rings. The highest BCUT2D eigenvalue weighted by atomic mass is 16.2. The van der Waals surface area contributed by atoms with Gasteiger partial charge in [-0.1, -0.05) is 20.3 Å². The lowest BCUT2D eigenvalue weighted by molar-refractivity contribution is -0.136. The maximum Gasteiger partial charge on any atom is 0.242 e. The lowest BCUT2D eigenvalue weighted by Gasteiger charge is -2.31. The highest BCUT2D eigenvalue weighted by molar-refractivity contribution is 5.85. The van der Waals surface area contributed by atoms with Crippen LogP contribution in [0.2, 0.25) is 0 Å². The Hall–Kier alpha value is -1.40. The van der Waals surface area contributed by atoms with Crippen molar-refractivity contribution in [2.24, 2.45) is 5.73 Å². The number of nitrogens with two attached hydrogens (primary N) is 1. The Balaban J connectivity index is 1.88. The maximum absolute atomic E-state index is 12.7. The van der Waals surface area contributed by atoms with E-state index >= 15 is 0 Å². The number of aromatic nitrogens is 2. The van der Waals surface area contributed by atoms with Crippen LogP contribution in [0.3, 0.4) is 0 Å². The lowest BCUT2D eigenvalue weighted by atomic mass is 9.95. The molecule has 2 rings (SSSR count). The van der Waals surface area contributed by atoms with Crippen molar-refractivity contribution < 1.29 is 4.79 Å². The molecule has 1 atom stereocenters. The van der Waals surface area contributed by atoms with Gasteiger partial charge in [-0.25, -0.2) is 0 Å². The molecule has 1 amide bonds. The van der Waals surface area contributed by atoms with Gasteiger partial charge in [-0.05, 0) is 26.2 Å². The van der Waals surface area contributed by atoms with E-state index in [9.17, 15) is 4.79 Å².